The molecule has 0 atom stereocenters. The predicted octanol–water partition coefficient (Wildman–Crippen LogP) is 7.75. The fraction of sp³-hybridized carbons (Fsp3) is 0.148. The van der Waals surface area contributed by atoms with Gasteiger partial charge in [-0.3, -0.25) is 14.4 Å². The standard InChI is InChI=1S/C27H15F11N2O3/c1-2-20(41)40(23(43)14-7-4-3-5-8-14)19-10-6-9-16(21(19)28)22(42)39-18-12-11-15(13-17(18)25(30,31)32)24(29,26(33,34)35)27(36,37)38/h2-13H,1H2,(H,39,42). The number of carbonyl (C=O) groups is 3. The number of hydrogen-bond acceptors (Lipinski definition) is 3. The van der Waals surface area contributed by atoms with E-state index >= 15 is 4.39 Å². The van der Waals surface area contributed by atoms with Gasteiger partial charge in [0.25, 0.3) is 17.7 Å². The normalized spacial score (nSPS) is 12.4. The van der Waals surface area contributed by atoms with Crippen molar-refractivity contribution in [2.45, 2.75) is 24.2 Å². The first-order chi connectivity index (χ1) is 19.8. The van der Waals surface area contributed by atoms with Crippen LogP contribution in [0.4, 0.5) is 59.7 Å². The highest BCUT2D eigenvalue weighted by Crippen LogP contribution is 2.54. The zero-order valence-electron chi connectivity index (χ0n) is 21.0. The average Bonchev–Trinajstić information content (AvgIpc) is 2.92. The maximum atomic E-state index is 15.5. The summed E-state index contributed by atoms with van der Waals surface area (Å²) in [7, 11) is 0. The van der Waals surface area contributed by atoms with Crippen molar-refractivity contribution in [2.24, 2.45) is 0 Å². The maximum absolute atomic E-state index is 15.5. The Morgan fingerprint density at radius 3 is 1.86 bits per heavy atom. The Bertz CT molecular complexity index is 1550. The second-order valence-corrected chi connectivity index (χ2v) is 8.55. The van der Waals surface area contributed by atoms with E-state index in [1.807, 2.05) is 0 Å². The van der Waals surface area contributed by atoms with E-state index < -0.39 is 81.9 Å². The molecule has 5 nitrogen and oxygen atoms in total. The minimum Gasteiger partial charge on any atom is -0.321 e. The van der Waals surface area contributed by atoms with Crippen LogP contribution in [0.25, 0.3) is 0 Å². The number of amides is 3. The van der Waals surface area contributed by atoms with Gasteiger partial charge in [-0.2, -0.15) is 39.5 Å². The van der Waals surface area contributed by atoms with Gasteiger partial charge in [-0.25, -0.2) is 13.7 Å². The fourth-order valence-corrected chi connectivity index (χ4v) is 3.78. The molecular weight excluding hydrogens is 609 g/mol. The number of benzene rings is 3. The van der Waals surface area contributed by atoms with E-state index in [0.717, 1.165) is 12.1 Å². The van der Waals surface area contributed by atoms with Crippen LogP contribution < -0.4 is 10.2 Å². The average molecular weight is 624 g/mol. The van der Waals surface area contributed by atoms with Gasteiger partial charge in [-0.15, -0.1) is 0 Å². The van der Waals surface area contributed by atoms with E-state index in [9.17, 15) is 58.3 Å². The van der Waals surface area contributed by atoms with Crippen molar-refractivity contribution in [3.05, 3.63) is 107 Å². The van der Waals surface area contributed by atoms with Crippen LogP contribution in [0.2, 0.25) is 0 Å². The second-order valence-electron chi connectivity index (χ2n) is 8.55. The molecule has 0 saturated heterocycles. The lowest BCUT2D eigenvalue weighted by Crippen LogP contribution is -2.50. The molecule has 3 amide bonds. The Labute approximate surface area is 234 Å². The molecule has 0 saturated carbocycles. The molecule has 0 unspecified atom stereocenters. The Kier molecular flexibility index (Phi) is 8.75. The topological polar surface area (TPSA) is 66.5 Å². The van der Waals surface area contributed by atoms with E-state index in [-0.39, 0.29) is 22.6 Å². The largest absolute Gasteiger partial charge is 0.435 e. The lowest BCUT2D eigenvalue weighted by atomic mass is 9.92. The van der Waals surface area contributed by atoms with Crippen LogP contribution in [0.1, 0.15) is 31.8 Å². The third-order valence-corrected chi connectivity index (χ3v) is 5.83. The van der Waals surface area contributed by atoms with E-state index in [4.69, 9.17) is 0 Å². The Balaban J connectivity index is 2.10. The summed E-state index contributed by atoms with van der Waals surface area (Å²) in [5.74, 6) is -5.62. The number of anilines is 2. The third-order valence-electron chi connectivity index (χ3n) is 5.83. The third kappa shape index (κ3) is 6.22. The van der Waals surface area contributed by atoms with Gasteiger partial charge >= 0.3 is 24.2 Å². The monoisotopic (exact) mass is 624 g/mol. The highest BCUT2D eigenvalue weighted by molar-refractivity contribution is 6.24. The highest BCUT2D eigenvalue weighted by atomic mass is 19.4. The second kappa shape index (κ2) is 11.5. The van der Waals surface area contributed by atoms with Crippen molar-refractivity contribution >= 4 is 29.1 Å². The molecule has 0 fully saturated rings. The predicted molar refractivity (Wildman–Crippen MR) is 129 cm³/mol. The van der Waals surface area contributed by atoms with Gasteiger partial charge in [-0.1, -0.05) is 36.9 Å². The van der Waals surface area contributed by atoms with Gasteiger partial charge in [0.1, 0.15) is 0 Å². The number of halogens is 11. The highest BCUT2D eigenvalue weighted by Gasteiger charge is 2.73. The lowest BCUT2D eigenvalue weighted by Gasteiger charge is -2.31. The van der Waals surface area contributed by atoms with Crippen molar-refractivity contribution in [2.75, 3.05) is 10.2 Å². The van der Waals surface area contributed by atoms with Crippen LogP contribution in [-0.4, -0.2) is 30.1 Å². The lowest BCUT2D eigenvalue weighted by molar-refractivity contribution is -0.348. The summed E-state index contributed by atoms with van der Waals surface area (Å²) >= 11 is 0. The molecule has 1 N–H and O–H groups in total. The molecule has 0 aliphatic carbocycles. The number of rotatable bonds is 6. The summed E-state index contributed by atoms with van der Waals surface area (Å²) in [6, 6.07) is 8.19. The van der Waals surface area contributed by atoms with Gasteiger partial charge in [-0.05, 0) is 42.5 Å². The van der Waals surface area contributed by atoms with Crippen LogP contribution in [0, 0.1) is 5.82 Å². The Morgan fingerprint density at radius 2 is 1.35 bits per heavy atom. The van der Waals surface area contributed by atoms with Gasteiger partial charge in [0.15, 0.2) is 5.82 Å². The molecule has 0 bridgehead atoms. The number of hydrogen-bond donors (Lipinski definition) is 1. The fourth-order valence-electron chi connectivity index (χ4n) is 3.78. The molecule has 3 aromatic rings. The van der Waals surface area contributed by atoms with Crippen molar-refractivity contribution in [1.82, 2.24) is 0 Å². The molecule has 3 aromatic carbocycles. The van der Waals surface area contributed by atoms with Gasteiger partial charge in [0.05, 0.1) is 22.5 Å². The molecule has 0 radical (unpaired) electrons. The van der Waals surface area contributed by atoms with Crippen molar-refractivity contribution < 1.29 is 62.7 Å². The molecule has 0 aromatic heterocycles. The van der Waals surface area contributed by atoms with Gasteiger partial charge < -0.3 is 5.32 Å². The Morgan fingerprint density at radius 1 is 0.767 bits per heavy atom. The number of nitrogens with one attached hydrogen (secondary N) is 1. The summed E-state index contributed by atoms with van der Waals surface area (Å²) in [4.78, 5) is 38.5. The SMILES string of the molecule is C=CC(=O)N(C(=O)c1ccccc1)c1cccc(C(=O)Nc2ccc(C(F)(C(F)(F)F)C(F)(F)F)cc2C(F)(F)F)c1F. The molecule has 0 aliphatic rings. The minimum atomic E-state index is -6.73. The van der Waals surface area contributed by atoms with Crippen LogP contribution in [0.5, 0.6) is 0 Å². The first-order valence-corrected chi connectivity index (χ1v) is 11.5. The zero-order valence-corrected chi connectivity index (χ0v) is 21.0. The summed E-state index contributed by atoms with van der Waals surface area (Å²) in [5.41, 5.74) is -14.5. The van der Waals surface area contributed by atoms with Crippen LogP contribution >= 0.6 is 0 Å². The molecule has 43 heavy (non-hydrogen) atoms. The molecule has 16 heteroatoms. The van der Waals surface area contributed by atoms with Crippen molar-refractivity contribution in [1.29, 1.82) is 0 Å². The summed E-state index contributed by atoms with van der Waals surface area (Å²) in [5, 5.41) is 1.51. The van der Waals surface area contributed by atoms with E-state index in [2.05, 4.69) is 6.58 Å². The van der Waals surface area contributed by atoms with Gasteiger partial charge in [0, 0.05) is 11.1 Å². The van der Waals surface area contributed by atoms with Crippen LogP contribution in [0.15, 0.2) is 79.4 Å². The summed E-state index contributed by atoms with van der Waals surface area (Å²) in [6.45, 7) is 3.19. The molecule has 228 valence electrons. The van der Waals surface area contributed by atoms with E-state index in [0.29, 0.717) is 12.1 Å². The first-order valence-electron chi connectivity index (χ1n) is 11.5. The maximum Gasteiger partial charge on any atom is 0.435 e. The number of alkyl halides is 10. The molecule has 3 rings (SSSR count). The molecule has 0 aliphatic heterocycles. The summed E-state index contributed by atoms with van der Waals surface area (Å²) in [6.07, 6.45) is -18.6. The first kappa shape index (κ1) is 32.8. The molecule has 0 heterocycles. The van der Waals surface area contributed by atoms with Crippen molar-refractivity contribution in [3.8, 4) is 0 Å². The summed E-state index contributed by atoms with van der Waals surface area (Å²) < 4.78 is 150. The molecular formula is C27H15F11N2O3. The minimum absolute atomic E-state index is 0.0733. The van der Waals surface area contributed by atoms with E-state index in [1.54, 1.807) is 0 Å². The Hall–Kier alpha value is -4.76. The molecule has 0 spiro atoms. The number of nitrogens with zero attached hydrogens (tertiary/aromatic N) is 1. The number of carbonyl (C=O) groups excluding carboxylic acids is 3. The smallest absolute Gasteiger partial charge is 0.321 e. The number of imide groups is 1. The van der Waals surface area contributed by atoms with E-state index in [1.165, 1.54) is 35.6 Å². The van der Waals surface area contributed by atoms with Crippen LogP contribution in [0.3, 0.4) is 0 Å². The quantitative estimate of drug-likeness (QED) is 0.226. The van der Waals surface area contributed by atoms with Crippen molar-refractivity contribution in [3.63, 3.8) is 0 Å². The zero-order chi connectivity index (χ0) is 32.5. The van der Waals surface area contributed by atoms with Gasteiger partial charge in [0.2, 0.25) is 0 Å². The van der Waals surface area contributed by atoms with Crippen LogP contribution in [-0.2, 0) is 16.6 Å².